The third-order valence-electron chi connectivity index (χ3n) is 3.21. The van der Waals surface area contributed by atoms with E-state index in [2.05, 4.69) is 10.6 Å². The first-order valence-electron chi connectivity index (χ1n) is 6.00. The van der Waals surface area contributed by atoms with E-state index >= 15 is 0 Å². The van der Waals surface area contributed by atoms with Crippen molar-refractivity contribution in [1.82, 2.24) is 15.5 Å². The number of ether oxygens (including phenoxy) is 1. The maximum Gasteiger partial charge on any atom is 0.250 e. The molecule has 0 aromatic heterocycles. The Balaban J connectivity index is 2.01. The van der Waals surface area contributed by atoms with Crippen molar-refractivity contribution < 1.29 is 19.1 Å². The van der Waals surface area contributed by atoms with Gasteiger partial charge in [0.2, 0.25) is 11.8 Å². The first-order chi connectivity index (χ1) is 8.67. The van der Waals surface area contributed by atoms with Crippen LogP contribution >= 0.6 is 0 Å². The summed E-state index contributed by atoms with van der Waals surface area (Å²) in [5.74, 6) is -0.495. The molecular weight excluding hydrogens is 238 g/mol. The molecule has 2 amide bonds. The van der Waals surface area contributed by atoms with E-state index in [1.54, 1.807) is 7.05 Å². The molecule has 7 heteroatoms. The molecule has 0 saturated carbocycles. The van der Waals surface area contributed by atoms with Crippen LogP contribution in [0.25, 0.3) is 0 Å². The van der Waals surface area contributed by atoms with Crippen LogP contribution in [0.3, 0.4) is 0 Å². The molecule has 3 atom stereocenters. The third kappa shape index (κ3) is 2.37. The second kappa shape index (κ2) is 5.45. The normalized spacial score (nSPS) is 31.1. The van der Waals surface area contributed by atoms with Crippen molar-refractivity contribution in [3.05, 3.63) is 0 Å². The van der Waals surface area contributed by atoms with Crippen molar-refractivity contribution in [1.29, 1.82) is 0 Å². The lowest BCUT2D eigenvalue weighted by Gasteiger charge is -2.36. The number of carbonyl (C=O) groups is 3. The van der Waals surface area contributed by atoms with E-state index in [1.165, 1.54) is 4.90 Å². The van der Waals surface area contributed by atoms with Crippen LogP contribution < -0.4 is 10.6 Å². The first kappa shape index (κ1) is 13.0. The van der Waals surface area contributed by atoms with Gasteiger partial charge in [0.25, 0.3) is 0 Å². The zero-order valence-corrected chi connectivity index (χ0v) is 10.2. The molecule has 18 heavy (non-hydrogen) atoms. The SMILES string of the molecule is CNCC(=O)NC1COC2CCC(C=O)N2C1=O. The van der Waals surface area contributed by atoms with Crippen LogP contribution in [-0.4, -0.2) is 61.5 Å². The predicted octanol–water partition coefficient (Wildman–Crippen LogP) is -1.76. The Morgan fingerprint density at radius 1 is 1.56 bits per heavy atom. The molecule has 0 spiro atoms. The summed E-state index contributed by atoms with van der Waals surface area (Å²) in [6.07, 6.45) is 1.74. The van der Waals surface area contributed by atoms with Gasteiger partial charge < -0.3 is 25.1 Å². The van der Waals surface area contributed by atoms with Crippen molar-refractivity contribution in [3.63, 3.8) is 0 Å². The van der Waals surface area contributed by atoms with Crippen LogP contribution in [0, 0.1) is 0 Å². The Hall–Kier alpha value is -1.47. The number of carbonyl (C=O) groups excluding carboxylic acids is 3. The monoisotopic (exact) mass is 255 g/mol. The number of hydrogen-bond donors (Lipinski definition) is 2. The van der Waals surface area contributed by atoms with E-state index in [0.29, 0.717) is 12.8 Å². The highest BCUT2D eigenvalue weighted by molar-refractivity contribution is 5.90. The molecule has 0 aliphatic carbocycles. The van der Waals surface area contributed by atoms with E-state index in [-0.39, 0.29) is 31.2 Å². The Morgan fingerprint density at radius 3 is 3.00 bits per heavy atom. The largest absolute Gasteiger partial charge is 0.356 e. The number of amides is 2. The number of aldehydes is 1. The summed E-state index contributed by atoms with van der Waals surface area (Å²) < 4.78 is 5.51. The molecule has 2 fully saturated rings. The third-order valence-corrected chi connectivity index (χ3v) is 3.21. The molecule has 2 saturated heterocycles. The molecule has 0 aromatic carbocycles. The van der Waals surface area contributed by atoms with Crippen LogP contribution in [0.4, 0.5) is 0 Å². The van der Waals surface area contributed by atoms with Crippen LogP contribution in [0.2, 0.25) is 0 Å². The Bertz CT molecular complexity index is 360. The summed E-state index contributed by atoms with van der Waals surface area (Å²) in [5, 5.41) is 5.30. The summed E-state index contributed by atoms with van der Waals surface area (Å²) in [6.45, 7) is 0.311. The molecule has 0 radical (unpaired) electrons. The van der Waals surface area contributed by atoms with Gasteiger partial charge in [0.05, 0.1) is 19.2 Å². The number of rotatable bonds is 4. The van der Waals surface area contributed by atoms with Crippen LogP contribution in [0.1, 0.15) is 12.8 Å². The number of nitrogens with one attached hydrogen (secondary N) is 2. The molecular formula is C11H17N3O4. The Kier molecular flexibility index (Phi) is 3.93. The minimum atomic E-state index is -0.692. The van der Waals surface area contributed by atoms with Gasteiger partial charge in [-0.15, -0.1) is 0 Å². The highest BCUT2D eigenvalue weighted by atomic mass is 16.5. The average Bonchev–Trinajstić information content (AvgIpc) is 2.77. The lowest BCUT2D eigenvalue weighted by atomic mass is 10.2. The standard InChI is InChI=1S/C11H17N3O4/c1-12-4-9(16)13-8-6-18-10-3-2-7(5-15)14(10)11(8)17/h5,7-8,10,12H,2-4,6H2,1H3,(H,13,16). The van der Waals surface area contributed by atoms with E-state index in [9.17, 15) is 14.4 Å². The number of fused-ring (bicyclic) bond motifs is 1. The van der Waals surface area contributed by atoms with Crippen molar-refractivity contribution in [2.24, 2.45) is 0 Å². The summed E-state index contributed by atoms with van der Waals surface area (Å²) in [6, 6.07) is -1.12. The predicted molar refractivity (Wildman–Crippen MR) is 61.5 cm³/mol. The Labute approximate surface area is 105 Å². The topological polar surface area (TPSA) is 87.7 Å². The maximum absolute atomic E-state index is 12.2. The van der Waals surface area contributed by atoms with Gasteiger partial charge in [-0.2, -0.15) is 0 Å². The van der Waals surface area contributed by atoms with Gasteiger partial charge in [-0.3, -0.25) is 9.59 Å². The summed E-state index contributed by atoms with van der Waals surface area (Å²) >= 11 is 0. The van der Waals surface area contributed by atoms with Gasteiger partial charge in [0.15, 0.2) is 0 Å². The number of nitrogens with zero attached hydrogens (tertiary/aromatic N) is 1. The quantitative estimate of drug-likeness (QED) is 0.581. The van der Waals surface area contributed by atoms with Crippen molar-refractivity contribution >= 4 is 18.1 Å². The fourth-order valence-electron chi connectivity index (χ4n) is 2.38. The number of likely N-dealkylation sites (N-methyl/N-ethyl adjacent to an activating group) is 1. The highest BCUT2D eigenvalue weighted by Crippen LogP contribution is 2.27. The molecule has 100 valence electrons. The van der Waals surface area contributed by atoms with Gasteiger partial charge >= 0.3 is 0 Å². The lowest BCUT2D eigenvalue weighted by Crippen LogP contribution is -2.60. The van der Waals surface area contributed by atoms with E-state index < -0.39 is 12.1 Å². The summed E-state index contributed by atoms with van der Waals surface area (Å²) in [5.41, 5.74) is 0. The van der Waals surface area contributed by atoms with Gasteiger partial charge in [0, 0.05) is 0 Å². The molecule has 2 heterocycles. The first-order valence-corrected chi connectivity index (χ1v) is 6.00. The molecule has 3 unspecified atom stereocenters. The number of hydrogen-bond acceptors (Lipinski definition) is 5. The summed E-state index contributed by atoms with van der Waals surface area (Å²) in [7, 11) is 1.65. The molecule has 2 aliphatic rings. The molecule has 7 nitrogen and oxygen atoms in total. The zero-order chi connectivity index (χ0) is 13.1. The van der Waals surface area contributed by atoms with Crippen LogP contribution in [0.5, 0.6) is 0 Å². The molecule has 2 aliphatic heterocycles. The fraction of sp³-hybridized carbons (Fsp3) is 0.727. The minimum absolute atomic E-state index is 0.143. The second-order valence-corrected chi connectivity index (χ2v) is 4.46. The van der Waals surface area contributed by atoms with Gasteiger partial charge in [-0.05, 0) is 19.9 Å². The van der Waals surface area contributed by atoms with E-state index in [0.717, 1.165) is 6.29 Å². The van der Waals surface area contributed by atoms with Gasteiger partial charge in [0.1, 0.15) is 18.6 Å². The van der Waals surface area contributed by atoms with E-state index in [1.807, 2.05) is 0 Å². The second-order valence-electron chi connectivity index (χ2n) is 4.46. The summed E-state index contributed by atoms with van der Waals surface area (Å²) in [4.78, 5) is 35.9. The fourth-order valence-corrected chi connectivity index (χ4v) is 2.38. The van der Waals surface area contributed by atoms with Crippen LogP contribution in [-0.2, 0) is 19.1 Å². The smallest absolute Gasteiger partial charge is 0.250 e. The van der Waals surface area contributed by atoms with Crippen molar-refractivity contribution in [2.75, 3.05) is 20.2 Å². The van der Waals surface area contributed by atoms with Gasteiger partial charge in [-0.25, -0.2) is 0 Å². The molecule has 2 rings (SSSR count). The van der Waals surface area contributed by atoms with Crippen molar-refractivity contribution in [3.8, 4) is 0 Å². The highest BCUT2D eigenvalue weighted by Gasteiger charge is 2.44. The maximum atomic E-state index is 12.2. The van der Waals surface area contributed by atoms with Gasteiger partial charge in [-0.1, -0.05) is 0 Å². The van der Waals surface area contributed by atoms with Crippen LogP contribution in [0.15, 0.2) is 0 Å². The molecule has 0 aromatic rings. The van der Waals surface area contributed by atoms with E-state index in [4.69, 9.17) is 4.74 Å². The minimum Gasteiger partial charge on any atom is -0.356 e. The molecule has 0 bridgehead atoms. The zero-order valence-electron chi connectivity index (χ0n) is 10.2. The van der Waals surface area contributed by atoms with Crippen molar-refractivity contribution in [2.45, 2.75) is 31.2 Å². The Morgan fingerprint density at radius 2 is 2.33 bits per heavy atom. The molecule has 2 N–H and O–H groups in total. The lowest BCUT2D eigenvalue weighted by molar-refractivity contribution is -0.165. The average molecular weight is 255 g/mol.